The van der Waals surface area contributed by atoms with Crippen molar-refractivity contribution in [2.75, 3.05) is 11.9 Å². The van der Waals surface area contributed by atoms with Crippen molar-refractivity contribution in [3.63, 3.8) is 0 Å². The summed E-state index contributed by atoms with van der Waals surface area (Å²) in [5.41, 5.74) is -0.673. The number of amides is 2. The smallest absolute Gasteiger partial charge is 0.321 e. The van der Waals surface area contributed by atoms with E-state index in [1.165, 1.54) is 6.26 Å². The number of nitrogens with one attached hydrogen (secondary N) is 2. The Labute approximate surface area is 125 Å². The summed E-state index contributed by atoms with van der Waals surface area (Å²) < 4.78 is 6.79. The molecule has 0 aliphatic rings. The summed E-state index contributed by atoms with van der Waals surface area (Å²) in [6.07, 6.45) is 3.20. The van der Waals surface area contributed by atoms with Gasteiger partial charge in [-0.25, -0.2) is 4.79 Å². The molecular weight excluding hydrogens is 286 g/mol. The van der Waals surface area contributed by atoms with Gasteiger partial charge in [-0.1, -0.05) is 6.07 Å². The van der Waals surface area contributed by atoms with Gasteiger partial charge in [0, 0.05) is 6.20 Å². The minimum atomic E-state index is -1.30. The van der Waals surface area contributed by atoms with Gasteiger partial charge in [0.05, 0.1) is 12.8 Å². The van der Waals surface area contributed by atoms with Crippen LogP contribution in [0.4, 0.5) is 10.7 Å². The van der Waals surface area contributed by atoms with Crippen LogP contribution in [-0.2, 0) is 5.60 Å². The second kappa shape index (κ2) is 5.49. The number of carbonyl (C=O) groups excluding carboxylic acids is 1. The first kappa shape index (κ1) is 14.1. The van der Waals surface area contributed by atoms with Crippen molar-refractivity contribution in [1.29, 1.82) is 0 Å². The normalized spacial score (nSPS) is 13.7. The van der Waals surface area contributed by atoms with E-state index in [0.717, 1.165) is 0 Å². The van der Waals surface area contributed by atoms with Gasteiger partial charge in [0.2, 0.25) is 5.95 Å². The molecule has 0 fully saturated rings. The van der Waals surface area contributed by atoms with Crippen LogP contribution in [0.1, 0.15) is 12.7 Å². The largest absolute Gasteiger partial charge is 0.466 e. The van der Waals surface area contributed by atoms with Gasteiger partial charge in [-0.3, -0.25) is 9.72 Å². The van der Waals surface area contributed by atoms with E-state index in [2.05, 4.69) is 20.8 Å². The quantitative estimate of drug-likeness (QED) is 0.674. The van der Waals surface area contributed by atoms with Gasteiger partial charge in [-0.15, -0.1) is 10.2 Å². The third kappa shape index (κ3) is 2.77. The molecule has 0 spiro atoms. The minimum Gasteiger partial charge on any atom is -0.466 e. The molecule has 0 bridgehead atoms. The molecule has 1 atom stereocenters. The van der Waals surface area contributed by atoms with Crippen LogP contribution in [-0.4, -0.2) is 32.3 Å². The maximum atomic E-state index is 11.9. The van der Waals surface area contributed by atoms with Crippen molar-refractivity contribution < 1.29 is 14.3 Å². The maximum Gasteiger partial charge on any atom is 0.321 e. The zero-order valence-corrected chi connectivity index (χ0v) is 11.9. The molecule has 0 aromatic carbocycles. The number of nitrogens with zero attached hydrogens (tertiary/aromatic N) is 3. The molecule has 114 valence electrons. The van der Waals surface area contributed by atoms with Crippen molar-refractivity contribution in [1.82, 2.24) is 19.9 Å². The molecule has 0 aliphatic heterocycles. The van der Waals surface area contributed by atoms with Crippen LogP contribution in [0.15, 0.2) is 47.2 Å². The minimum absolute atomic E-state index is 0.0108. The van der Waals surface area contributed by atoms with Crippen LogP contribution in [0, 0.1) is 0 Å². The second-order valence-corrected chi connectivity index (χ2v) is 5.01. The number of urea groups is 1. The molecule has 3 aromatic rings. The third-order valence-corrected chi connectivity index (χ3v) is 3.18. The molecule has 22 heavy (non-hydrogen) atoms. The first-order chi connectivity index (χ1) is 10.6. The van der Waals surface area contributed by atoms with Crippen molar-refractivity contribution in [3.8, 4) is 0 Å². The van der Waals surface area contributed by atoms with Crippen molar-refractivity contribution >= 4 is 17.6 Å². The number of hydrogen-bond donors (Lipinski definition) is 3. The summed E-state index contributed by atoms with van der Waals surface area (Å²) in [6, 6.07) is 8.23. The van der Waals surface area contributed by atoms with Crippen LogP contribution < -0.4 is 10.6 Å². The summed E-state index contributed by atoms with van der Waals surface area (Å²) >= 11 is 0. The highest BCUT2D eigenvalue weighted by Crippen LogP contribution is 2.19. The first-order valence-corrected chi connectivity index (χ1v) is 6.67. The van der Waals surface area contributed by atoms with E-state index in [9.17, 15) is 9.90 Å². The number of hydrogen-bond acceptors (Lipinski definition) is 5. The van der Waals surface area contributed by atoms with Crippen LogP contribution >= 0.6 is 0 Å². The highest BCUT2D eigenvalue weighted by molar-refractivity contribution is 5.87. The average molecular weight is 301 g/mol. The number of pyridine rings is 1. The summed E-state index contributed by atoms with van der Waals surface area (Å²) in [5.74, 6) is 0.673. The summed E-state index contributed by atoms with van der Waals surface area (Å²) in [4.78, 5) is 11.9. The fourth-order valence-electron chi connectivity index (χ4n) is 2.00. The van der Waals surface area contributed by atoms with E-state index in [1.54, 1.807) is 41.8 Å². The molecule has 0 unspecified atom stereocenters. The lowest BCUT2D eigenvalue weighted by atomic mass is 10.0. The number of rotatable bonds is 4. The van der Waals surface area contributed by atoms with Gasteiger partial charge >= 0.3 is 6.03 Å². The second-order valence-electron chi connectivity index (χ2n) is 5.01. The lowest BCUT2D eigenvalue weighted by Gasteiger charge is -2.21. The average Bonchev–Trinajstić information content (AvgIpc) is 3.16. The number of aliphatic hydroxyl groups is 1. The Morgan fingerprint density at radius 3 is 3.00 bits per heavy atom. The molecular formula is C14H15N5O3. The number of carbonyl (C=O) groups is 1. The van der Waals surface area contributed by atoms with E-state index in [4.69, 9.17) is 4.42 Å². The lowest BCUT2D eigenvalue weighted by molar-refractivity contribution is 0.0372. The number of aromatic nitrogens is 3. The zero-order valence-electron chi connectivity index (χ0n) is 11.9. The van der Waals surface area contributed by atoms with Crippen LogP contribution in [0.2, 0.25) is 0 Å². The topological polar surface area (TPSA) is 105 Å². The van der Waals surface area contributed by atoms with Crippen molar-refractivity contribution in [2.24, 2.45) is 0 Å². The first-order valence-electron chi connectivity index (χ1n) is 6.67. The van der Waals surface area contributed by atoms with Gasteiger partial charge < -0.3 is 14.8 Å². The van der Waals surface area contributed by atoms with Gasteiger partial charge in [-0.05, 0) is 31.2 Å². The fraction of sp³-hybridized carbons (Fsp3) is 0.214. The third-order valence-electron chi connectivity index (χ3n) is 3.18. The molecule has 2 amide bonds. The number of anilines is 1. The lowest BCUT2D eigenvalue weighted by Crippen LogP contribution is -2.40. The maximum absolute atomic E-state index is 11.9. The summed E-state index contributed by atoms with van der Waals surface area (Å²) in [5, 5.41) is 23.2. The predicted octanol–water partition coefficient (Wildman–Crippen LogP) is 1.35. The Balaban J connectivity index is 1.63. The van der Waals surface area contributed by atoms with Crippen molar-refractivity contribution in [2.45, 2.75) is 12.5 Å². The highest BCUT2D eigenvalue weighted by Gasteiger charge is 2.26. The van der Waals surface area contributed by atoms with Gasteiger partial charge in [0.15, 0.2) is 5.65 Å². The Kier molecular flexibility index (Phi) is 3.51. The molecule has 3 rings (SSSR count). The van der Waals surface area contributed by atoms with E-state index >= 15 is 0 Å². The van der Waals surface area contributed by atoms with Crippen LogP contribution in [0.25, 0.3) is 5.65 Å². The Hall–Kier alpha value is -2.87. The van der Waals surface area contributed by atoms with Crippen LogP contribution in [0.3, 0.4) is 0 Å². The van der Waals surface area contributed by atoms with E-state index in [0.29, 0.717) is 17.4 Å². The summed E-state index contributed by atoms with van der Waals surface area (Å²) in [7, 11) is 0. The Bertz CT molecular complexity index is 779. The molecule has 0 saturated heterocycles. The molecule has 8 nitrogen and oxygen atoms in total. The monoisotopic (exact) mass is 301 g/mol. The predicted molar refractivity (Wildman–Crippen MR) is 78.3 cm³/mol. The molecule has 0 aliphatic carbocycles. The Morgan fingerprint density at radius 1 is 1.36 bits per heavy atom. The molecule has 8 heteroatoms. The number of fused-ring (bicyclic) bond motifs is 1. The van der Waals surface area contributed by atoms with Crippen molar-refractivity contribution in [3.05, 3.63) is 48.6 Å². The summed E-state index contributed by atoms with van der Waals surface area (Å²) in [6.45, 7) is 1.54. The molecule has 0 radical (unpaired) electrons. The SMILES string of the molecule is C[C@@](O)(CNC(=O)Nc1nnc2ccccn12)c1ccco1. The zero-order chi connectivity index (χ0) is 15.6. The highest BCUT2D eigenvalue weighted by atomic mass is 16.4. The molecule has 3 aromatic heterocycles. The standard InChI is InChI=1S/C14H15N5O3/c1-14(21,10-5-4-8-22-10)9-15-13(20)16-12-18-17-11-6-2-3-7-19(11)12/h2-8,21H,9H2,1H3,(H2,15,16,18,20)/t14-/m1/s1. The Morgan fingerprint density at radius 2 is 2.23 bits per heavy atom. The molecule has 0 saturated carbocycles. The van der Waals surface area contributed by atoms with E-state index in [1.807, 2.05) is 6.07 Å². The fourth-order valence-corrected chi connectivity index (χ4v) is 2.00. The van der Waals surface area contributed by atoms with Gasteiger partial charge in [0.1, 0.15) is 11.4 Å². The van der Waals surface area contributed by atoms with E-state index in [-0.39, 0.29) is 6.54 Å². The van der Waals surface area contributed by atoms with Gasteiger partial charge in [0.25, 0.3) is 0 Å². The molecule has 3 N–H and O–H groups in total. The van der Waals surface area contributed by atoms with E-state index < -0.39 is 11.6 Å². The molecule has 3 heterocycles. The van der Waals surface area contributed by atoms with Crippen LogP contribution in [0.5, 0.6) is 0 Å². The van der Waals surface area contributed by atoms with Gasteiger partial charge in [-0.2, -0.15) is 0 Å². The number of furan rings is 1.